The molecule has 1 saturated heterocycles. The summed E-state index contributed by atoms with van der Waals surface area (Å²) in [4.78, 5) is 12.8. The molecular weight excluding hydrogens is 175 g/mol. The number of hydrogen-bond donors (Lipinski definition) is 2. The van der Waals surface area contributed by atoms with Crippen LogP contribution in [0, 0.1) is 0 Å². The van der Waals surface area contributed by atoms with Crippen molar-refractivity contribution in [1.29, 1.82) is 0 Å². The zero-order chi connectivity index (χ0) is 9.68. The molecule has 1 aliphatic heterocycles. The van der Waals surface area contributed by atoms with Crippen LogP contribution >= 0.6 is 0 Å². The number of amides is 1. The Morgan fingerprint density at radius 2 is 2.38 bits per heavy atom. The lowest BCUT2D eigenvalue weighted by Crippen LogP contribution is -2.35. The molecule has 2 N–H and O–H groups in total. The molecule has 0 saturated carbocycles. The van der Waals surface area contributed by atoms with Crippen LogP contribution in [0.15, 0.2) is 0 Å². The summed E-state index contributed by atoms with van der Waals surface area (Å²) in [5.74, 6) is 0.0252. The number of carbonyl (C=O) groups is 1. The Hall–Kier alpha value is -0.680. The number of alkyl halides is 1. The van der Waals surface area contributed by atoms with E-state index in [0.717, 1.165) is 0 Å². The number of rotatable bonds is 3. The summed E-state index contributed by atoms with van der Waals surface area (Å²) in [6, 6.07) is 0. The number of aliphatic hydroxyl groups excluding tert-OH is 1. The molecule has 1 amide bonds. The van der Waals surface area contributed by atoms with Crippen LogP contribution in [-0.2, 0) is 4.79 Å². The van der Waals surface area contributed by atoms with Gasteiger partial charge in [-0.25, -0.2) is 4.39 Å². The van der Waals surface area contributed by atoms with Crippen molar-refractivity contribution in [2.75, 3.05) is 32.9 Å². The average molecular weight is 190 g/mol. The van der Waals surface area contributed by atoms with Crippen molar-refractivity contribution >= 4 is 5.91 Å². The van der Waals surface area contributed by atoms with Crippen LogP contribution in [0.1, 0.15) is 6.42 Å². The van der Waals surface area contributed by atoms with Gasteiger partial charge in [0.15, 0.2) is 0 Å². The first-order valence-corrected chi connectivity index (χ1v) is 4.45. The third-order valence-corrected chi connectivity index (χ3v) is 2.05. The van der Waals surface area contributed by atoms with Gasteiger partial charge in [-0.05, 0) is 0 Å². The van der Waals surface area contributed by atoms with Gasteiger partial charge in [0.05, 0.1) is 6.10 Å². The van der Waals surface area contributed by atoms with E-state index in [9.17, 15) is 9.18 Å². The summed E-state index contributed by atoms with van der Waals surface area (Å²) in [7, 11) is 0. The third-order valence-electron chi connectivity index (χ3n) is 2.05. The quantitative estimate of drug-likeness (QED) is 0.609. The molecule has 1 fully saturated rings. The molecule has 0 radical (unpaired) electrons. The summed E-state index contributed by atoms with van der Waals surface area (Å²) in [6.45, 7) is 1.45. The van der Waals surface area contributed by atoms with E-state index in [-0.39, 0.29) is 5.91 Å². The van der Waals surface area contributed by atoms with E-state index in [1.54, 1.807) is 0 Å². The lowest BCUT2D eigenvalue weighted by atomic mass is 10.3. The Balaban J connectivity index is 2.29. The van der Waals surface area contributed by atoms with Crippen LogP contribution in [0.4, 0.5) is 4.39 Å². The third kappa shape index (κ3) is 3.69. The molecule has 0 aromatic carbocycles. The first-order valence-electron chi connectivity index (χ1n) is 4.45. The van der Waals surface area contributed by atoms with E-state index in [1.165, 1.54) is 0 Å². The second-order valence-electron chi connectivity index (χ2n) is 3.21. The predicted octanol–water partition coefficient (Wildman–Crippen LogP) is -0.861. The average Bonchev–Trinajstić information content (AvgIpc) is 2.31. The van der Waals surface area contributed by atoms with Crippen molar-refractivity contribution in [2.45, 2.75) is 12.5 Å². The van der Waals surface area contributed by atoms with Crippen molar-refractivity contribution < 1.29 is 14.3 Å². The molecule has 1 atom stereocenters. The Morgan fingerprint density at radius 3 is 3.08 bits per heavy atom. The summed E-state index contributed by atoms with van der Waals surface area (Å²) in [6.07, 6.45) is -0.493. The number of β-amino-alcohol motifs (C(OH)–C–C–N with tert-alkyl or cyclic N) is 1. The van der Waals surface area contributed by atoms with Gasteiger partial charge >= 0.3 is 0 Å². The molecule has 0 aromatic rings. The second-order valence-corrected chi connectivity index (χ2v) is 3.21. The molecule has 76 valence electrons. The first-order chi connectivity index (χ1) is 6.22. The number of halogens is 1. The zero-order valence-electron chi connectivity index (χ0n) is 7.50. The Labute approximate surface area is 76.7 Å². The highest BCUT2D eigenvalue weighted by molar-refractivity contribution is 5.76. The van der Waals surface area contributed by atoms with E-state index in [4.69, 9.17) is 5.11 Å². The predicted molar refractivity (Wildman–Crippen MR) is 46.0 cm³/mol. The number of nitrogens with zero attached hydrogens (tertiary/aromatic N) is 1. The molecule has 4 nitrogen and oxygen atoms in total. The van der Waals surface area contributed by atoms with Crippen molar-refractivity contribution in [3.63, 3.8) is 0 Å². The minimum Gasteiger partial charge on any atom is -0.389 e. The summed E-state index contributed by atoms with van der Waals surface area (Å²) in [5.41, 5.74) is 0. The maximum atomic E-state index is 12.0. The highest BCUT2D eigenvalue weighted by Gasteiger charge is 2.15. The van der Waals surface area contributed by atoms with Crippen LogP contribution in [0.2, 0.25) is 0 Å². The van der Waals surface area contributed by atoms with E-state index >= 15 is 0 Å². The normalized spacial score (nSPS) is 22.2. The van der Waals surface area contributed by atoms with Crippen molar-refractivity contribution in [2.24, 2.45) is 0 Å². The SMILES string of the molecule is O=C1CCN(CC(O)CF)CCN1. The fraction of sp³-hybridized carbons (Fsp3) is 0.875. The summed E-state index contributed by atoms with van der Waals surface area (Å²) in [5, 5.41) is 11.8. The number of aliphatic hydroxyl groups is 1. The van der Waals surface area contributed by atoms with E-state index in [0.29, 0.717) is 32.6 Å². The molecule has 1 rings (SSSR count). The van der Waals surface area contributed by atoms with Crippen LogP contribution in [0.25, 0.3) is 0 Å². The van der Waals surface area contributed by atoms with Gasteiger partial charge in [-0.15, -0.1) is 0 Å². The Bertz CT molecular complexity index is 178. The highest BCUT2D eigenvalue weighted by Crippen LogP contribution is 1.98. The second kappa shape index (κ2) is 5.14. The van der Waals surface area contributed by atoms with Crippen LogP contribution in [0.5, 0.6) is 0 Å². The monoisotopic (exact) mass is 190 g/mol. The maximum absolute atomic E-state index is 12.0. The van der Waals surface area contributed by atoms with Crippen LogP contribution < -0.4 is 5.32 Å². The number of hydrogen-bond acceptors (Lipinski definition) is 3. The smallest absolute Gasteiger partial charge is 0.221 e. The Kier molecular flexibility index (Phi) is 4.11. The molecule has 0 bridgehead atoms. The van der Waals surface area contributed by atoms with Crippen LogP contribution in [-0.4, -0.2) is 54.9 Å². The standard InChI is InChI=1S/C8H15FN2O2/c9-5-7(12)6-11-3-1-8(13)10-2-4-11/h7,12H,1-6H2,(H,10,13). The Morgan fingerprint density at radius 1 is 1.62 bits per heavy atom. The van der Waals surface area contributed by atoms with Gasteiger partial charge in [0.25, 0.3) is 0 Å². The van der Waals surface area contributed by atoms with E-state index < -0.39 is 12.8 Å². The van der Waals surface area contributed by atoms with E-state index in [1.807, 2.05) is 4.90 Å². The highest BCUT2D eigenvalue weighted by atomic mass is 19.1. The molecule has 1 heterocycles. The minimum absolute atomic E-state index is 0.0252. The van der Waals surface area contributed by atoms with Crippen molar-refractivity contribution in [3.05, 3.63) is 0 Å². The fourth-order valence-corrected chi connectivity index (χ4v) is 1.34. The molecule has 13 heavy (non-hydrogen) atoms. The summed E-state index contributed by atoms with van der Waals surface area (Å²) < 4.78 is 12.0. The topological polar surface area (TPSA) is 52.6 Å². The van der Waals surface area contributed by atoms with Crippen molar-refractivity contribution in [1.82, 2.24) is 10.2 Å². The zero-order valence-corrected chi connectivity index (χ0v) is 7.50. The van der Waals surface area contributed by atoms with Gasteiger partial charge < -0.3 is 10.4 Å². The van der Waals surface area contributed by atoms with Gasteiger partial charge in [0.1, 0.15) is 6.67 Å². The van der Waals surface area contributed by atoms with Gasteiger partial charge in [-0.1, -0.05) is 0 Å². The lowest BCUT2D eigenvalue weighted by Gasteiger charge is -2.20. The largest absolute Gasteiger partial charge is 0.389 e. The molecule has 5 heteroatoms. The number of carbonyl (C=O) groups excluding carboxylic acids is 1. The molecule has 1 unspecified atom stereocenters. The number of nitrogens with one attached hydrogen (secondary N) is 1. The van der Waals surface area contributed by atoms with Gasteiger partial charge in [-0.3, -0.25) is 9.69 Å². The first kappa shape index (κ1) is 10.4. The molecular formula is C8H15FN2O2. The molecule has 0 aromatic heterocycles. The lowest BCUT2D eigenvalue weighted by molar-refractivity contribution is -0.120. The molecule has 1 aliphatic rings. The van der Waals surface area contributed by atoms with E-state index in [2.05, 4.69) is 5.32 Å². The summed E-state index contributed by atoms with van der Waals surface area (Å²) >= 11 is 0. The molecule has 0 spiro atoms. The maximum Gasteiger partial charge on any atom is 0.221 e. The molecule has 0 aliphatic carbocycles. The van der Waals surface area contributed by atoms with Gasteiger partial charge in [0.2, 0.25) is 5.91 Å². The fourth-order valence-electron chi connectivity index (χ4n) is 1.34. The van der Waals surface area contributed by atoms with Crippen molar-refractivity contribution in [3.8, 4) is 0 Å². The van der Waals surface area contributed by atoms with Crippen LogP contribution in [0.3, 0.4) is 0 Å². The van der Waals surface area contributed by atoms with Gasteiger partial charge in [0, 0.05) is 32.6 Å². The minimum atomic E-state index is -0.923. The van der Waals surface area contributed by atoms with Gasteiger partial charge in [-0.2, -0.15) is 0 Å².